The van der Waals surface area contributed by atoms with E-state index in [0.29, 0.717) is 0 Å². The number of aliphatic hydroxyl groups is 27. The van der Waals surface area contributed by atoms with Crippen LogP contribution in [-0.2, 0) is 124 Å². The van der Waals surface area contributed by atoms with Gasteiger partial charge in [-0.15, -0.1) is 0 Å². The van der Waals surface area contributed by atoms with Crippen molar-refractivity contribution in [2.45, 2.75) is 360 Å². The lowest BCUT2D eigenvalue weighted by molar-refractivity contribution is -0.409. The molecule has 10 rings (SSSR count). The standard InChI is InChI=1S/C75H124N6O54/c1-18(91)76-35-24(97)7-75(74(115)116,134-60(35)41(99)25(98)8-82)135-61-46(104)30(13-87)121-70(54(61)112)128-57-33(16-90)125-69(40(51(57)109)81-23(6)96)133-64-53(111)45(103)29(12-86)123-73(64)131-62-55(113)71(129-58-32(15-89)124-68(39(50(58)108)80-22(5)95)127-56-31(14-88)118-65(114)36(49(56)107)77-19(2)92)126-34(59(62)130-66-37(78-20(3)93)47(105)42(100)26(9-83)119-66)17-117-72-63(52(110)44(102)28(11-85)122-72)132-67-38(79-21(4)94)48(106)43(101)27(10-84)120-67/h24-73,82-90,97-114H,7-17H2,1-6H3,(H,76,91)(H,77,92)(H,78,93)(H,79,94)(H,80,95)(H,81,96)(H,115,116)/t24-,25+,26+,27+,28+,29+,30+,31+,32+,33+,34+,35+,36+,37+,38+,39+,40+,41+,42+,43+,44+,45+,46-,47+,48+,49+,50+,51+,52-,53-,54+,55-,56+,57+,58+,59+,60+,61-,62+,63-,64-,65+,66-,67-,68-,69-,70-,71-,72-,73+,75-/m0/s1. The van der Waals surface area contributed by atoms with Gasteiger partial charge in [0.25, 0.3) is 5.79 Å². The number of ether oxygens (including phenoxy) is 19. The normalized spacial score (nSPS) is 46.4. The second-order valence-corrected chi connectivity index (χ2v) is 33.9. The number of carboxylic acid groups (broad SMARTS) is 1. The second-order valence-electron chi connectivity index (χ2n) is 33.9. The minimum absolute atomic E-state index is 0.830. The zero-order valence-corrected chi connectivity index (χ0v) is 72.8. The highest BCUT2D eigenvalue weighted by Gasteiger charge is 2.65. The Morgan fingerprint density at radius 3 is 1.00 bits per heavy atom. The van der Waals surface area contributed by atoms with E-state index in [0.717, 1.165) is 41.5 Å². The van der Waals surface area contributed by atoms with Crippen LogP contribution in [0.5, 0.6) is 0 Å². The van der Waals surface area contributed by atoms with Gasteiger partial charge < -0.3 is 265 Å². The number of hydrogen-bond acceptors (Lipinski definition) is 53. The Hall–Kier alpha value is -5.55. The van der Waals surface area contributed by atoms with Crippen LogP contribution < -0.4 is 31.9 Å². The Morgan fingerprint density at radius 2 is 0.600 bits per heavy atom. The summed E-state index contributed by atoms with van der Waals surface area (Å²) < 4.78 is 116. The summed E-state index contributed by atoms with van der Waals surface area (Å²) in [6.07, 6.45) is -101. The van der Waals surface area contributed by atoms with Crippen LogP contribution in [0.1, 0.15) is 48.0 Å². The molecule has 0 bridgehead atoms. The van der Waals surface area contributed by atoms with Crippen LogP contribution in [0.15, 0.2) is 0 Å². The fourth-order valence-electron chi connectivity index (χ4n) is 17.4. The second kappa shape index (κ2) is 48.5. The van der Waals surface area contributed by atoms with E-state index in [2.05, 4.69) is 31.9 Å². The molecule has 10 heterocycles. The van der Waals surface area contributed by atoms with E-state index in [1.165, 1.54) is 0 Å². The van der Waals surface area contributed by atoms with Gasteiger partial charge in [-0.05, 0) is 0 Å². The Labute approximate surface area is 764 Å². The highest BCUT2D eigenvalue weighted by molar-refractivity contribution is 5.77. The van der Waals surface area contributed by atoms with Crippen molar-refractivity contribution in [1.29, 1.82) is 0 Å². The molecule has 0 aromatic carbocycles. The van der Waals surface area contributed by atoms with Crippen LogP contribution in [-0.4, -0.2) is 563 Å². The summed E-state index contributed by atoms with van der Waals surface area (Å²) in [6.45, 7) is -6.92. The average molecular weight is 1970 g/mol. The number of carboxylic acids is 1. The number of rotatable bonds is 37. The van der Waals surface area contributed by atoms with Gasteiger partial charge in [0, 0.05) is 48.0 Å². The smallest absolute Gasteiger partial charge is 0.364 e. The first-order valence-electron chi connectivity index (χ1n) is 42.8. The number of carbonyl (C=O) groups is 7. The molecule has 34 N–H and O–H groups in total. The molecule has 6 amide bonds. The third-order valence-electron chi connectivity index (χ3n) is 24.3. The topological polar surface area (TPSA) is 933 Å². The summed E-state index contributed by atoms with van der Waals surface area (Å²) in [5, 5.41) is 331. The summed E-state index contributed by atoms with van der Waals surface area (Å²) in [5.41, 5.74) is 0. The van der Waals surface area contributed by atoms with E-state index in [1.54, 1.807) is 0 Å². The van der Waals surface area contributed by atoms with Gasteiger partial charge >= 0.3 is 5.97 Å². The van der Waals surface area contributed by atoms with Crippen molar-refractivity contribution < 1.29 is 267 Å². The van der Waals surface area contributed by atoms with E-state index < -0.39 is 426 Å². The summed E-state index contributed by atoms with van der Waals surface area (Å²) in [6, 6.07) is -11.7. The van der Waals surface area contributed by atoms with Gasteiger partial charge in [0.2, 0.25) is 35.4 Å². The molecule has 0 aliphatic carbocycles. The molecular weight excluding hydrogens is 1850 g/mol. The van der Waals surface area contributed by atoms with Crippen LogP contribution in [0.2, 0.25) is 0 Å². The van der Waals surface area contributed by atoms with Gasteiger partial charge in [0.1, 0.15) is 238 Å². The fourth-order valence-corrected chi connectivity index (χ4v) is 17.4. The fraction of sp³-hybridized carbons (Fsp3) is 0.907. The van der Waals surface area contributed by atoms with Crippen LogP contribution in [0.3, 0.4) is 0 Å². The summed E-state index contributed by atoms with van der Waals surface area (Å²) in [7, 11) is 0. The molecule has 51 atom stereocenters. The number of aliphatic carboxylic acids is 1. The van der Waals surface area contributed by atoms with Gasteiger partial charge in [-0.25, -0.2) is 4.79 Å². The molecule has 10 aliphatic rings. The zero-order valence-electron chi connectivity index (χ0n) is 72.8. The third kappa shape index (κ3) is 25.0. The molecule has 60 nitrogen and oxygen atoms in total. The van der Waals surface area contributed by atoms with Gasteiger partial charge in [0.15, 0.2) is 56.6 Å². The maximum Gasteiger partial charge on any atom is 0.364 e. The van der Waals surface area contributed by atoms with Crippen molar-refractivity contribution in [1.82, 2.24) is 31.9 Å². The van der Waals surface area contributed by atoms with Crippen LogP contribution in [0, 0.1) is 0 Å². The summed E-state index contributed by atoms with van der Waals surface area (Å²) in [4.78, 5) is 90.6. The highest BCUT2D eigenvalue weighted by atomic mass is 16.8. The third-order valence-corrected chi connectivity index (χ3v) is 24.3. The number of aliphatic hydroxyl groups excluding tert-OH is 27. The molecule has 778 valence electrons. The predicted molar refractivity (Wildman–Crippen MR) is 416 cm³/mol. The van der Waals surface area contributed by atoms with Crippen molar-refractivity contribution in [3.8, 4) is 0 Å². The zero-order chi connectivity index (χ0) is 99.9. The first-order valence-corrected chi connectivity index (χ1v) is 42.8. The van der Waals surface area contributed by atoms with E-state index in [9.17, 15) is 177 Å². The van der Waals surface area contributed by atoms with Crippen LogP contribution in [0.4, 0.5) is 0 Å². The van der Waals surface area contributed by atoms with Crippen molar-refractivity contribution in [2.75, 3.05) is 66.1 Å². The maximum absolute atomic E-state index is 13.5. The lowest BCUT2D eigenvalue weighted by Crippen LogP contribution is -2.72. The summed E-state index contributed by atoms with van der Waals surface area (Å²) in [5.74, 6) is -11.4. The maximum atomic E-state index is 13.5. The molecule has 60 heteroatoms. The van der Waals surface area contributed by atoms with Gasteiger partial charge in [-0.2, -0.15) is 0 Å². The molecule has 0 radical (unpaired) electrons. The number of nitrogens with one attached hydrogen (secondary N) is 6. The van der Waals surface area contributed by atoms with E-state index in [1.807, 2.05) is 0 Å². The molecule has 0 unspecified atom stereocenters. The lowest BCUT2D eigenvalue weighted by atomic mass is 9.88. The van der Waals surface area contributed by atoms with Crippen molar-refractivity contribution >= 4 is 41.4 Å². The van der Waals surface area contributed by atoms with E-state index in [4.69, 9.17) is 90.0 Å². The molecule has 0 saturated carbocycles. The number of amides is 6. The van der Waals surface area contributed by atoms with Crippen LogP contribution >= 0.6 is 0 Å². The molecule has 0 aromatic rings. The lowest BCUT2D eigenvalue weighted by Gasteiger charge is -2.52. The first-order chi connectivity index (χ1) is 63.7. The Bertz CT molecular complexity index is 3820. The average Bonchev–Trinajstić information content (AvgIpc) is 0.750. The molecular formula is C75H124N6O54. The Balaban J connectivity index is 1.07. The van der Waals surface area contributed by atoms with Crippen molar-refractivity contribution in [3.63, 3.8) is 0 Å². The molecule has 10 saturated heterocycles. The predicted octanol–water partition coefficient (Wildman–Crippen LogP) is -22.7. The minimum Gasteiger partial charge on any atom is -0.477 e. The molecule has 135 heavy (non-hydrogen) atoms. The van der Waals surface area contributed by atoms with Gasteiger partial charge in [-0.3, -0.25) is 28.8 Å². The molecule has 10 fully saturated rings. The SMILES string of the molecule is CC(=O)N[C@@H]1[C@@H](O)[C@H](O[C@@H]2O[C@H](CO)[C@@H](O[C@@H]3O[C@H](CO[C@H]4O[C@H](CO)[C@@H](O)[C@H](O)[C@@H]4O[C@@H]4O[C@H](CO)[C@@H](O)[C@H](O)[C@H]4NC(C)=O)[C@@H](O[C@@H]4O[C@H](CO)[C@@H](O)[C@H](O)[C@H]4NC(C)=O)[C@H](O[C@H]4O[C@H](CO)[C@@H](O)[C@H](O)[C@@H]4O[C@@H]4O[C@H](CO)[C@@H](O[C@@H]5O[C@H](CO)[C@H](O)[C@H](O[C@]6(C(=O)O)C[C@H](O)[C@@H](NC(C)=O)[C@H]([C@H](O)[C@H](O)CO)O6)[C@H]5O)[C@H](O)[C@H]4NC(C)=O)[C@@H]3O)[C@H](O)[C@H]2NC(C)=O)[C@@H](CO)O[C@H]1O. The van der Waals surface area contributed by atoms with Crippen molar-refractivity contribution in [2.24, 2.45) is 0 Å². The quantitative estimate of drug-likeness (QED) is 0.0275. The number of carbonyl (C=O) groups excluding carboxylic acids is 6. The van der Waals surface area contributed by atoms with Crippen LogP contribution in [0.25, 0.3) is 0 Å². The molecule has 0 aromatic heterocycles. The summed E-state index contributed by atoms with van der Waals surface area (Å²) >= 11 is 0. The molecule has 0 spiro atoms. The highest BCUT2D eigenvalue weighted by Crippen LogP contribution is 2.44. The Morgan fingerprint density at radius 1 is 0.304 bits per heavy atom. The number of hydrogen-bond donors (Lipinski definition) is 34. The monoisotopic (exact) mass is 1970 g/mol. The van der Waals surface area contributed by atoms with Crippen molar-refractivity contribution in [3.05, 3.63) is 0 Å². The van der Waals surface area contributed by atoms with Gasteiger partial charge in [-0.1, -0.05) is 0 Å². The Kier molecular flexibility index (Phi) is 40.0. The van der Waals surface area contributed by atoms with E-state index in [-0.39, 0.29) is 0 Å². The minimum atomic E-state index is -3.36. The van der Waals surface area contributed by atoms with E-state index >= 15 is 0 Å². The molecule has 10 aliphatic heterocycles. The van der Waals surface area contributed by atoms with Gasteiger partial charge in [0.05, 0.1) is 78.2 Å². The first kappa shape index (κ1) is 111. The largest absolute Gasteiger partial charge is 0.477 e.